The van der Waals surface area contributed by atoms with E-state index in [1.54, 1.807) is 6.92 Å². The highest BCUT2D eigenvalue weighted by Crippen LogP contribution is 2.21. The Bertz CT molecular complexity index is 681. The van der Waals surface area contributed by atoms with Crippen molar-refractivity contribution in [1.29, 1.82) is 0 Å². The molecule has 1 amide bonds. The minimum atomic E-state index is -0.572. The van der Waals surface area contributed by atoms with E-state index in [1.165, 1.54) is 29.1 Å². The predicted octanol–water partition coefficient (Wildman–Crippen LogP) is 1.53. The fraction of sp³-hybridized carbons (Fsp3) is 0.333. The fourth-order valence-corrected chi connectivity index (χ4v) is 2.06. The van der Waals surface area contributed by atoms with E-state index in [-0.39, 0.29) is 23.9 Å². The third kappa shape index (κ3) is 3.25. The van der Waals surface area contributed by atoms with Crippen LogP contribution in [0.3, 0.4) is 0 Å². The van der Waals surface area contributed by atoms with Gasteiger partial charge in [0, 0.05) is 0 Å². The summed E-state index contributed by atoms with van der Waals surface area (Å²) in [6, 6.07) is 3.73. The first-order valence-electron chi connectivity index (χ1n) is 6.93. The number of aromatic hydroxyl groups is 1. The molecular formula is C15H18FN3O3. The van der Waals surface area contributed by atoms with E-state index in [9.17, 15) is 14.3 Å². The van der Waals surface area contributed by atoms with Crippen molar-refractivity contribution < 1.29 is 19.4 Å². The highest BCUT2D eigenvalue weighted by atomic mass is 19.1. The van der Waals surface area contributed by atoms with Gasteiger partial charge < -0.3 is 15.5 Å². The summed E-state index contributed by atoms with van der Waals surface area (Å²) >= 11 is 0. The lowest BCUT2D eigenvalue weighted by Gasteiger charge is -2.12. The number of aromatic nitrogens is 2. The zero-order valence-electron chi connectivity index (χ0n) is 12.4. The number of aryl methyl sites for hydroxylation is 1. The van der Waals surface area contributed by atoms with Crippen LogP contribution in [0.5, 0.6) is 5.75 Å². The van der Waals surface area contributed by atoms with Crippen molar-refractivity contribution in [2.45, 2.75) is 26.3 Å². The Balaban J connectivity index is 2.29. The smallest absolute Gasteiger partial charge is 0.275 e. The lowest BCUT2D eigenvalue weighted by Crippen LogP contribution is -2.37. The number of halogens is 1. The second kappa shape index (κ2) is 6.57. The number of nitrogens with zero attached hydrogens (tertiary/aromatic N) is 2. The van der Waals surface area contributed by atoms with Gasteiger partial charge in [-0.15, -0.1) is 0 Å². The number of carbonyl (C=O) groups is 1. The van der Waals surface area contributed by atoms with Crippen molar-refractivity contribution in [2.24, 2.45) is 0 Å². The van der Waals surface area contributed by atoms with E-state index in [2.05, 4.69) is 10.4 Å². The van der Waals surface area contributed by atoms with Crippen LogP contribution in [-0.4, -0.2) is 38.5 Å². The average molecular weight is 307 g/mol. The van der Waals surface area contributed by atoms with Crippen LogP contribution in [0.2, 0.25) is 0 Å². The Kier molecular flexibility index (Phi) is 4.77. The Morgan fingerprint density at radius 3 is 2.82 bits per heavy atom. The Morgan fingerprint density at radius 1 is 1.50 bits per heavy atom. The molecule has 0 saturated carbocycles. The van der Waals surface area contributed by atoms with E-state index in [0.29, 0.717) is 17.7 Å². The summed E-state index contributed by atoms with van der Waals surface area (Å²) in [6.07, 6.45) is 1.84. The maximum Gasteiger partial charge on any atom is 0.275 e. The molecule has 6 nitrogen and oxygen atoms in total. The van der Waals surface area contributed by atoms with Gasteiger partial charge in [-0.25, -0.2) is 9.07 Å². The predicted molar refractivity (Wildman–Crippen MR) is 78.6 cm³/mol. The molecule has 2 aromatic rings. The molecule has 0 aliphatic rings. The van der Waals surface area contributed by atoms with Crippen molar-refractivity contribution in [1.82, 2.24) is 15.1 Å². The van der Waals surface area contributed by atoms with Crippen LogP contribution in [0.4, 0.5) is 4.39 Å². The van der Waals surface area contributed by atoms with Crippen LogP contribution < -0.4 is 5.32 Å². The Morgan fingerprint density at radius 2 is 2.23 bits per heavy atom. The van der Waals surface area contributed by atoms with Gasteiger partial charge in [0.25, 0.3) is 5.91 Å². The zero-order chi connectivity index (χ0) is 16.3. The number of hydrogen-bond donors (Lipinski definition) is 3. The van der Waals surface area contributed by atoms with Crippen LogP contribution in [0.15, 0.2) is 24.4 Å². The summed E-state index contributed by atoms with van der Waals surface area (Å²) in [5.74, 6) is -1.23. The SMILES string of the molecule is CCC(CO)NC(=O)c1nn(-c2ccc(F)cc2C)cc1O. The van der Waals surface area contributed by atoms with E-state index in [0.717, 1.165) is 0 Å². The van der Waals surface area contributed by atoms with Gasteiger partial charge in [-0.3, -0.25) is 4.79 Å². The van der Waals surface area contributed by atoms with Crippen molar-refractivity contribution in [3.63, 3.8) is 0 Å². The minimum Gasteiger partial charge on any atom is -0.504 e. The van der Waals surface area contributed by atoms with Crippen molar-refractivity contribution >= 4 is 5.91 Å². The number of aliphatic hydroxyl groups excluding tert-OH is 1. The van der Waals surface area contributed by atoms with E-state index in [1.807, 2.05) is 6.92 Å². The average Bonchev–Trinajstić information content (AvgIpc) is 2.86. The summed E-state index contributed by atoms with van der Waals surface area (Å²) in [5.41, 5.74) is 1.04. The fourth-order valence-electron chi connectivity index (χ4n) is 2.06. The van der Waals surface area contributed by atoms with Gasteiger partial charge in [-0.2, -0.15) is 5.10 Å². The maximum atomic E-state index is 13.1. The molecule has 0 aliphatic carbocycles. The van der Waals surface area contributed by atoms with Crippen LogP contribution in [-0.2, 0) is 0 Å². The molecule has 1 aromatic carbocycles. The third-order valence-electron chi connectivity index (χ3n) is 3.36. The largest absolute Gasteiger partial charge is 0.504 e. The van der Waals surface area contributed by atoms with Gasteiger partial charge in [0.15, 0.2) is 11.4 Å². The monoisotopic (exact) mass is 307 g/mol. The molecule has 118 valence electrons. The number of rotatable bonds is 5. The molecule has 0 saturated heterocycles. The molecule has 0 radical (unpaired) electrons. The first kappa shape index (κ1) is 16.0. The molecule has 0 spiro atoms. The molecule has 2 rings (SSSR count). The van der Waals surface area contributed by atoms with Gasteiger partial charge in [0.1, 0.15) is 5.82 Å². The van der Waals surface area contributed by atoms with Crippen LogP contribution in [0.1, 0.15) is 29.4 Å². The first-order chi connectivity index (χ1) is 10.5. The Labute approximate surface area is 127 Å². The van der Waals surface area contributed by atoms with E-state index in [4.69, 9.17) is 5.11 Å². The molecule has 0 fully saturated rings. The number of nitrogens with one attached hydrogen (secondary N) is 1. The minimum absolute atomic E-state index is 0.143. The van der Waals surface area contributed by atoms with Crippen molar-refractivity contribution in [3.8, 4) is 11.4 Å². The number of carbonyl (C=O) groups excluding carboxylic acids is 1. The number of hydrogen-bond acceptors (Lipinski definition) is 4. The Hall–Kier alpha value is -2.41. The van der Waals surface area contributed by atoms with Crippen LogP contribution >= 0.6 is 0 Å². The molecule has 1 atom stereocenters. The number of amides is 1. The van der Waals surface area contributed by atoms with Gasteiger partial charge in [0.2, 0.25) is 0 Å². The summed E-state index contributed by atoms with van der Waals surface area (Å²) in [4.78, 5) is 12.1. The number of aliphatic hydroxyl groups is 1. The van der Waals surface area contributed by atoms with Crippen molar-refractivity contribution in [3.05, 3.63) is 41.5 Å². The van der Waals surface area contributed by atoms with Gasteiger partial charge >= 0.3 is 0 Å². The summed E-state index contributed by atoms with van der Waals surface area (Å²) < 4.78 is 14.4. The second-order valence-corrected chi connectivity index (χ2v) is 5.00. The maximum absolute atomic E-state index is 13.1. The molecule has 0 aliphatic heterocycles. The first-order valence-corrected chi connectivity index (χ1v) is 6.93. The standard InChI is InChI=1S/C15H18FN3O3/c1-3-11(8-20)17-15(22)14-13(21)7-19(18-14)12-5-4-10(16)6-9(12)2/h4-7,11,20-21H,3,8H2,1-2H3,(H,17,22). The normalized spacial score (nSPS) is 12.2. The van der Waals surface area contributed by atoms with E-state index >= 15 is 0 Å². The summed E-state index contributed by atoms with van der Waals surface area (Å²) in [6.45, 7) is 3.33. The molecular weight excluding hydrogens is 289 g/mol. The summed E-state index contributed by atoms with van der Waals surface area (Å²) in [5, 5.41) is 25.6. The highest BCUT2D eigenvalue weighted by molar-refractivity contribution is 5.95. The third-order valence-corrected chi connectivity index (χ3v) is 3.36. The molecule has 22 heavy (non-hydrogen) atoms. The quantitative estimate of drug-likeness (QED) is 0.781. The lowest BCUT2D eigenvalue weighted by atomic mass is 10.2. The molecule has 1 unspecified atom stereocenters. The van der Waals surface area contributed by atoms with Gasteiger partial charge in [-0.05, 0) is 37.1 Å². The molecule has 1 aromatic heterocycles. The lowest BCUT2D eigenvalue weighted by molar-refractivity contribution is 0.0907. The van der Waals surface area contributed by atoms with Gasteiger partial charge in [-0.1, -0.05) is 6.92 Å². The topological polar surface area (TPSA) is 87.4 Å². The van der Waals surface area contributed by atoms with Crippen molar-refractivity contribution in [2.75, 3.05) is 6.61 Å². The molecule has 7 heteroatoms. The van der Waals surface area contributed by atoms with Gasteiger partial charge in [0.05, 0.1) is 24.5 Å². The van der Waals surface area contributed by atoms with E-state index < -0.39 is 11.9 Å². The molecule has 0 bridgehead atoms. The molecule has 1 heterocycles. The number of benzene rings is 1. The molecule has 3 N–H and O–H groups in total. The zero-order valence-corrected chi connectivity index (χ0v) is 12.4. The second-order valence-electron chi connectivity index (χ2n) is 5.00. The van der Waals surface area contributed by atoms with Crippen LogP contribution in [0.25, 0.3) is 5.69 Å². The summed E-state index contributed by atoms with van der Waals surface area (Å²) in [7, 11) is 0. The highest BCUT2D eigenvalue weighted by Gasteiger charge is 2.20. The van der Waals surface area contributed by atoms with Crippen LogP contribution in [0, 0.1) is 12.7 Å².